The Morgan fingerprint density at radius 3 is 1.68 bits per heavy atom. The van der Waals surface area contributed by atoms with Crippen LogP contribution < -0.4 is 4.90 Å². The number of nitrogens with zero attached hydrogens (tertiary/aromatic N) is 1. The highest BCUT2D eigenvalue weighted by atomic mass is 15.1. The second-order valence-electron chi connectivity index (χ2n) is 16.8. The number of rotatable bonds is 5. The van der Waals surface area contributed by atoms with Crippen LogP contribution in [-0.2, 0) is 10.8 Å². The Morgan fingerprint density at radius 2 is 0.911 bits per heavy atom. The van der Waals surface area contributed by atoms with Crippen molar-refractivity contribution >= 4 is 27.8 Å². The molecule has 1 saturated carbocycles. The molecule has 0 saturated heterocycles. The van der Waals surface area contributed by atoms with E-state index in [2.05, 4.69) is 195 Å². The SMILES string of the molecule is CC1(C)c2ccccc2-c2cccc(-c3ccccc3-c3ccc(N(c4ccc5c(c4)C4(CCCCC4)c4ccccc4-5)c4ccc5ccccc5c4)cc3)c21. The highest BCUT2D eigenvalue weighted by molar-refractivity contribution is 5.94. The zero-order valence-corrected chi connectivity index (χ0v) is 32.2. The van der Waals surface area contributed by atoms with Crippen molar-refractivity contribution in [3.05, 3.63) is 198 Å². The van der Waals surface area contributed by atoms with E-state index in [1.807, 2.05) is 0 Å². The molecule has 0 unspecified atom stereocenters. The summed E-state index contributed by atoms with van der Waals surface area (Å²) in [5.41, 5.74) is 20.0. The molecule has 0 amide bonds. The minimum atomic E-state index is -0.0900. The van der Waals surface area contributed by atoms with Crippen molar-refractivity contribution in [2.45, 2.75) is 56.8 Å². The van der Waals surface area contributed by atoms with E-state index in [4.69, 9.17) is 0 Å². The largest absolute Gasteiger partial charge is 0.310 e. The maximum atomic E-state index is 2.54. The molecule has 0 heterocycles. The maximum absolute atomic E-state index is 2.54. The maximum Gasteiger partial charge on any atom is 0.0468 e. The zero-order chi connectivity index (χ0) is 37.4. The standard InChI is InChI=1S/C55H45N/c1-54(2)50-23-10-8-20-46(50)49-22-14-21-48(53(49)54)44-18-7-6-17-43(44)38-26-28-40(29-27-38)56(41-30-25-37-15-4-5-16-39(37)35-41)42-31-32-47-45-19-9-11-24-51(45)55(52(47)36-42)33-12-3-13-34-55/h4-11,14-32,35-36H,3,12-13,33-34H2,1-2H3. The average Bonchev–Trinajstić information content (AvgIpc) is 3.65. The van der Waals surface area contributed by atoms with Gasteiger partial charge in [-0.2, -0.15) is 0 Å². The summed E-state index contributed by atoms with van der Waals surface area (Å²) in [5, 5.41) is 2.51. The Morgan fingerprint density at radius 1 is 0.375 bits per heavy atom. The zero-order valence-electron chi connectivity index (χ0n) is 32.2. The van der Waals surface area contributed by atoms with E-state index in [9.17, 15) is 0 Å². The summed E-state index contributed by atoms with van der Waals surface area (Å²) in [4.78, 5) is 2.48. The van der Waals surface area contributed by atoms with Crippen molar-refractivity contribution in [1.29, 1.82) is 0 Å². The van der Waals surface area contributed by atoms with E-state index in [-0.39, 0.29) is 10.8 Å². The molecule has 8 aromatic carbocycles. The van der Waals surface area contributed by atoms with Crippen LogP contribution in [0.4, 0.5) is 17.1 Å². The van der Waals surface area contributed by atoms with Gasteiger partial charge in [-0.1, -0.05) is 173 Å². The van der Waals surface area contributed by atoms with Crippen LogP contribution in [0.3, 0.4) is 0 Å². The van der Waals surface area contributed by atoms with Gasteiger partial charge in [0.05, 0.1) is 0 Å². The van der Waals surface area contributed by atoms with Gasteiger partial charge in [0.2, 0.25) is 0 Å². The number of benzene rings is 8. The Labute approximate surface area is 330 Å². The van der Waals surface area contributed by atoms with Gasteiger partial charge >= 0.3 is 0 Å². The summed E-state index contributed by atoms with van der Waals surface area (Å²) >= 11 is 0. The number of anilines is 3. The summed E-state index contributed by atoms with van der Waals surface area (Å²) in [5.74, 6) is 0. The van der Waals surface area contributed by atoms with E-state index < -0.39 is 0 Å². The summed E-state index contributed by atoms with van der Waals surface area (Å²) in [7, 11) is 0. The lowest BCUT2D eigenvalue weighted by atomic mass is 9.68. The molecule has 56 heavy (non-hydrogen) atoms. The molecule has 0 bridgehead atoms. The summed E-state index contributed by atoms with van der Waals surface area (Å²) < 4.78 is 0. The monoisotopic (exact) mass is 719 g/mol. The predicted molar refractivity (Wildman–Crippen MR) is 236 cm³/mol. The molecular formula is C55H45N. The van der Waals surface area contributed by atoms with Crippen LogP contribution in [0, 0.1) is 0 Å². The van der Waals surface area contributed by atoms with Crippen LogP contribution in [0.25, 0.3) is 55.3 Å². The van der Waals surface area contributed by atoms with Gasteiger partial charge in [0.1, 0.15) is 0 Å². The third-order valence-corrected chi connectivity index (χ3v) is 13.4. The van der Waals surface area contributed by atoms with Crippen LogP contribution in [-0.4, -0.2) is 0 Å². The number of hydrogen-bond donors (Lipinski definition) is 0. The Hall–Kier alpha value is -6.18. The summed E-state index contributed by atoms with van der Waals surface area (Å²) in [6.45, 7) is 4.77. The van der Waals surface area contributed by atoms with E-state index >= 15 is 0 Å². The molecule has 8 aromatic rings. The Kier molecular flexibility index (Phi) is 7.52. The highest BCUT2D eigenvalue weighted by Gasteiger charge is 2.44. The van der Waals surface area contributed by atoms with Crippen LogP contribution in [0.5, 0.6) is 0 Å². The number of fused-ring (bicyclic) bond motifs is 9. The van der Waals surface area contributed by atoms with Gasteiger partial charge in [-0.05, 0) is 127 Å². The smallest absolute Gasteiger partial charge is 0.0468 e. The van der Waals surface area contributed by atoms with Crippen LogP contribution >= 0.6 is 0 Å². The van der Waals surface area contributed by atoms with Crippen molar-refractivity contribution in [3.63, 3.8) is 0 Å². The fourth-order valence-electron chi connectivity index (χ4n) is 10.9. The van der Waals surface area contributed by atoms with Crippen molar-refractivity contribution in [2.24, 2.45) is 0 Å². The molecule has 1 fully saturated rings. The molecule has 0 aromatic heterocycles. The third-order valence-electron chi connectivity index (χ3n) is 13.4. The molecule has 11 rings (SSSR count). The van der Waals surface area contributed by atoms with Crippen molar-refractivity contribution in [2.75, 3.05) is 4.90 Å². The van der Waals surface area contributed by atoms with Gasteiger partial charge in [-0.25, -0.2) is 0 Å². The first-order valence-electron chi connectivity index (χ1n) is 20.5. The molecule has 1 heteroatoms. The first-order valence-corrected chi connectivity index (χ1v) is 20.5. The molecule has 0 radical (unpaired) electrons. The van der Waals surface area contributed by atoms with Gasteiger partial charge in [0, 0.05) is 27.9 Å². The second kappa shape index (κ2) is 12.7. The topological polar surface area (TPSA) is 3.24 Å². The highest BCUT2D eigenvalue weighted by Crippen LogP contribution is 2.57. The normalized spacial score (nSPS) is 15.6. The van der Waals surface area contributed by atoms with Crippen molar-refractivity contribution < 1.29 is 0 Å². The molecule has 1 spiro atoms. The fourth-order valence-corrected chi connectivity index (χ4v) is 10.9. The minimum Gasteiger partial charge on any atom is -0.310 e. The average molecular weight is 720 g/mol. The quantitative estimate of drug-likeness (QED) is 0.171. The van der Waals surface area contributed by atoms with E-state index in [0.717, 1.165) is 5.69 Å². The van der Waals surface area contributed by atoms with Crippen LogP contribution in [0.1, 0.15) is 68.2 Å². The lowest BCUT2D eigenvalue weighted by Crippen LogP contribution is -2.28. The van der Waals surface area contributed by atoms with Gasteiger partial charge in [0.15, 0.2) is 0 Å². The fraction of sp³-hybridized carbons (Fsp3) is 0.164. The van der Waals surface area contributed by atoms with Gasteiger partial charge in [-0.15, -0.1) is 0 Å². The Balaban J connectivity index is 1.04. The van der Waals surface area contributed by atoms with Crippen molar-refractivity contribution in [3.8, 4) is 44.5 Å². The molecule has 3 aliphatic rings. The molecule has 0 N–H and O–H groups in total. The van der Waals surface area contributed by atoms with E-state index in [0.29, 0.717) is 0 Å². The first-order chi connectivity index (χ1) is 27.5. The lowest BCUT2D eigenvalue weighted by Gasteiger charge is -2.36. The molecular weight excluding hydrogens is 675 g/mol. The molecule has 270 valence electrons. The predicted octanol–water partition coefficient (Wildman–Crippen LogP) is 15.2. The molecule has 0 aliphatic heterocycles. The second-order valence-corrected chi connectivity index (χ2v) is 16.8. The van der Waals surface area contributed by atoms with Crippen LogP contribution in [0.15, 0.2) is 176 Å². The molecule has 1 nitrogen and oxygen atoms in total. The number of hydrogen-bond acceptors (Lipinski definition) is 1. The van der Waals surface area contributed by atoms with Crippen LogP contribution in [0.2, 0.25) is 0 Å². The van der Waals surface area contributed by atoms with Gasteiger partial charge in [0.25, 0.3) is 0 Å². The van der Waals surface area contributed by atoms with E-state index in [1.54, 1.807) is 0 Å². The van der Waals surface area contributed by atoms with Gasteiger partial charge < -0.3 is 4.90 Å². The lowest BCUT2D eigenvalue weighted by molar-refractivity contribution is 0.353. The first kappa shape index (κ1) is 33.2. The van der Waals surface area contributed by atoms with Crippen molar-refractivity contribution in [1.82, 2.24) is 0 Å². The molecule has 3 aliphatic carbocycles. The summed E-state index contributed by atoms with van der Waals surface area (Å²) in [6.07, 6.45) is 6.34. The molecule has 0 atom stereocenters. The minimum absolute atomic E-state index is 0.0900. The van der Waals surface area contributed by atoms with E-state index in [1.165, 1.54) is 121 Å². The summed E-state index contributed by atoms with van der Waals surface area (Å²) in [6, 6.07) is 66.2. The Bertz CT molecular complexity index is 2810. The van der Waals surface area contributed by atoms with Gasteiger partial charge in [-0.3, -0.25) is 0 Å². The third kappa shape index (κ3) is 4.93.